The lowest BCUT2D eigenvalue weighted by atomic mass is 10.0. The number of ether oxygens (including phenoxy) is 2. The van der Waals surface area contributed by atoms with Crippen LogP contribution in [0, 0.1) is 19.7 Å². The van der Waals surface area contributed by atoms with E-state index in [1.807, 2.05) is 39.9 Å². The molecular weight excluding hydrogens is 754 g/mol. The molecule has 3 aromatic carbocycles. The number of anilines is 2. The zero-order chi connectivity index (χ0) is 41.9. The summed E-state index contributed by atoms with van der Waals surface area (Å²) in [5, 5.41) is 17.6. The molecule has 14 nitrogen and oxygen atoms in total. The maximum absolute atomic E-state index is 15.3. The van der Waals surface area contributed by atoms with Gasteiger partial charge in [0, 0.05) is 72.4 Å². The molecule has 57 heavy (non-hydrogen) atoms. The Morgan fingerprint density at radius 3 is 2.21 bits per heavy atom. The van der Waals surface area contributed by atoms with E-state index in [4.69, 9.17) is 19.4 Å². The lowest BCUT2D eigenvalue weighted by Gasteiger charge is -2.19. The molecule has 4 N–H and O–H groups in total. The first-order valence-corrected chi connectivity index (χ1v) is 17.2. The van der Waals surface area contributed by atoms with E-state index in [9.17, 15) is 27.6 Å². The van der Waals surface area contributed by atoms with E-state index in [2.05, 4.69) is 20.7 Å². The number of H-pyrrole nitrogens is 1. The molecule has 0 saturated carbocycles. The van der Waals surface area contributed by atoms with E-state index < -0.39 is 29.8 Å². The van der Waals surface area contributed by atoms with Crippen LogP contribution in [0.1, 0.15) is 37.7 Å². The van der Waals surface area contributed by atoms with Gasteiger partial charge in [-0.3, -0.25) is 14.3 Å². The minimum Gasteiger partial charge on any atom is -0.497 e. The van der Waals surface area contributed by atoms with Crippen molar-refractivity contribution >= 4 is 52.0 Å². The normalized spacial score (nSPS) is 12.9. The first-order valence-electron chi connectivity index (χ1n) is 17.2. The summed E-state index contributed by atoms with van der Waals surface area (Å²) in [6, 6.07) is 13.8. The van der Waals surface area contributed by atoms with Gasteiger partial charge in [-0.25, -0.2) is 14.0 Å². The van der Waals surface area contributed by atoms with Gasteiger partial charge in [0.25, 0.3) is 5.91 Å². The van der Waals surface area contributed by atoms with Gasteiger partial charge < -0.3 is 40.0 Å². The number of carbonyl (C=O) groups excluding carboxylic acids is 3. The van der Waals surface area contributed by atoms with E-state index in [0.717, 1.165) is 23.5 Å². The lowest BCUT2D eigenvalue weighted by molar-refractivity contribution is -0.192. The summed E-state index contributed by atoms with van der Waals surface area (Å²) in [6.07, 6.45) is -3.49. The number of carboxylic acids is 1. The number of methoxy groups -OCH3 is 1. The highest BCUT2D eigenvalue weighted by Crippen LogP contribution is 2.40. The van der Waals surface area contributed by atoms with E-state index in [1.54, 1.807) is 65.2 Å². The van der Waals surface area contributed by atoms with Crippen LogP contribution in [0.4, 0.5) is 33.7 Å². The summed E-state index contributed by atoms with van der Waals surface area (Å²) < 4.78 is 60.1. The van der Waals surface area contributed by atoms with Crippen molar-refractivity contribution in [2.24, 2.45) is 7.05 Å². The number of amides is 3. The first-order chi connectivity index (χ1) is 26.8. The van der Waals surface area contributed by atoms with Crippen LogP contribution in [-0.2, 0) is 11.8 Å². The van der Waals surface area contributed by atoms with Gasteiger partial charge in [-0.2, -0.15) is 18.3 Å². The first kappa shape index (κ1) is 41.5. The number of ketones is 1. The SMILES string of the molecule is COc1cc(F)c2[nH]c(-c3c(C)nn(C)c3C)c(/C=C3\Oc4ccc(NC(=O)Nc5ccc(C(=O)N(C)CCN(C)C)cc5)cc4C3=O)c2c1.O=C(O)C(F)(F)F. The molecule has 300 valence electrons. The Bertz CT molecular complexity index is 2400. The molecule has 0 spiro atoms. The molecule has 0 bridgehead atoms. The smallest absolute Gasteiger partial charge is 0.490 e. The molecule has 1 aliphatic rings. The maximum atomic E-state index is 15.3. The third-order valence-corrected chi connectivity index (χ3v) is 8.93. The monoisotopic (exact) mass is 793 g/mol. The second-order valence-corrected chi connectivity index (χ2v) is 13.3. The predicted molar refractivity (Wildman–Crippen MR) is 204 cm³/mol. The van der Waals surface area contributed by atoms with Crippen molar-refractivity contribution in [3.8, 4) is 22.8 Å². The average molecular weight is 794 g/mol. The van der Waals surface area contributed by atoms with Crippen molar-refractivity contribution < 1.29 is 51.3 Å². The van der Waals surface area contributed by atoms with Crippen LogP contribution in [0.3, 0.4) is 0 Å². The highest BCUT2D eigenvalue weighted by molar-refractivity contribution is 6.16. The Labute approximate surface area is 323 Å². The largest absolute Gasteiger partial charge is 0.497 e. The average Bonchev–Trinajstić information content (AvgIpc) is 3.75. The molecule has 3 amide bonds. The number of likely N-dealkylation sites (N-methyl/N-ethyl adjacent to an activating group) is 2. The summed E-state index contributed by atoms with van der Waals surface area (Å²) >= 11 is 0. The number of nitrogens with one attached hydrogen (secondary N) is 3. The molecule has 18 heteroatoms. The van der Waals surface area contributed by atoms with Crippen molar-refractivity contribution in [1.29, 1.82) is 0 Å². The van der Waals surface area contributed by atoms with Gasteiger partial charge >= 0.3 is 18.2 Å². The number of aromatic amines is 1. The van der Waals surface area contributed by atoms with Crippen molar-refractivity contribution in [3.63, 3.8) is 0 Å². The number of alkyl halides is 3. The molecule has 1 aliphatic heterocycles. The van der Waals surface area contributed by atoms with E-state index in [-0.39, 0.29) is 22.7 Å². The number of Topliss-reactive ketones (excluding diaryl/α,β-unsaturated/α-hetero) is 1. The predicted octanol–water partition coefficient (Wildman–Crippen LogP) is 6.86. The molecule has 2 aromatic heterocycles. The van der Waals surface area contributed by atoms with Crippen LogP contribution in [0.2, 0.25) is 0 Å². The van der Waals surface area contributed by atoms with Crippen LogP contribution >= 0.6 is 0 Å². The third-order valence-electron chi connectivity index (χ3n) is 8.93. The van der Waals surface area contributed by atoms with E-state index in [0.29, 0.717) is 51.6 Å². The van der Waals surface area contributed by atoms with Crippen molar-refractivity contribution in [3.05, 3.63) is 94.3 Å². The number of hydrogen-bond donors (Lipinski definition) is 4. The number of aryl methyl sites for hydroxylation is 2. The number of hydrogen-bond acceptors (Lipinski definition) is 8. The lowest BCUT2D eigenvalue weighted by Crippen LogP contribution is -2.33. The topological polar surface area (TPSA) is 171 Å². The van der Waals surface area contributed by atoms with Gasteiger partial charge in [0.2, 0.25) is 5.78 Å². The van der Waals surface area contributed by atoms with Gasteiger partial charge in [0.15, 0.2) is 11.6 Å². The number of nitrogens with zero attached hydrogens (tertiary/aromatic N) is 4. The van der Waals surface area contributed by atoms with Crippen LogP contribution in [0.15, 0.2) is 60.4 Å². The van der Waals surface area contributed by atoms with Gasteiger partial charge in [0.1, 0.15) is 11.5 Å². The maximum Gasteiger partial charge on any atom is 0.490 e. The van der Waals surface area contributed by atoms with Gasteiger partial charge in [-0.1, -0.05) is 0 Å². The van der Waals surface area contributed by atoms with Crippen molar-refractivity contribution in [2.45, 2.75) is 20.0 Å². The number of carboxylic acid groups (broad SMARTS) is 1. The Morgan fingerprint density at radius 2 is 1.63 bits per heavy atom. The van der Waals surface area contributed by atoms with E-state index >= 15 is 4.39 Å². The summed E-state index contributed by atoms with van der Waals surface area (Å²) in [4.78, 5) is 55.0. The van der Waals surface area contributed by atoms with Gasteiger partial charge in [-0.15, -0.1) is 0 Å². The molecule has 6 rings (SSSR count). The summed E-state index contributed by atoms with van der Waals surface area (Å²) in [5.41, 5.74) is 5.37. The molecule has 0 aliphatic carbocycles. The fraction of sp³-hybridized carbons (Fsp3) is 0.256. The highest BCUT2D eigenvalue weighted by Gasteiger charge is 2.38. The number of carbonyl (C=O) groups is 4. The minimum absolute atomic E-state index is 0.0353. The fourth-order valence-electron chi connectivity index (χ4n) is 5.91. The van der Waals surface area contributed by atoms with Crippen LogP contribution in [0.25, 0.3) is 28.2 Å². The second kappa shape index (κ2) is 16.6. The number of benzene rings is 3. The Morgan fingerprint density at radius 1 is 1.00 bits per heavy atom. The molecule has 0 radical (unpaired) electrons. The number of halogens is 4. The van der Waals surface area contributed by atoms with Crippen LogP contribution in [-0.4, -0.2) is 101 Å². The standard InChI is InChI=1S/C37H38FN7O5.C2HF3O2/c1-20-32(21(2)45(6)42-20)34-27(26-17-25(49-7)18-29(38)33(26)41-34)19-31-35(46)28-16-24(12-13-30(28)50-31)40-37(48)39-23-10-8-22(9-11-23)36(47)44(5)15-14-43(3)4;3-2(4,5)1(6)7/h8-13,16-19,41H,14-15H2,1-7H3,(H2,39,40,48);(H,6,7)/b31-19-;. The summed E-state index contributed by atoms with van der Waals surface area (Å²) in [6.45, 7) is 5.11. The molecule has 3 heterocycles. The molecule has 0 atom stereocenters. The quantitative estimate of drug-likeness (QED) is 0.0920. The third kappa shape index (κ3) is 9.24. The van der Waals surface area contributed by atoms with Gasteiger partial charge in [0.05, 0.1) is 29.6 Å². The Hall–Kier alpha value is -6.69. The number of aromatic nitrogens is 3. The molecule has 0 saturated heterocycles. The number of allylic oxidation sites excluding steroid dienone is 1. The number of aliphatic carboxylic acids is 1. The number of urea groups is 1. The van der Waals surface area contributed by atoms with Crippen molar-refractivity contribution in [1.82, 2.24) is 24.6 Å². The number of fused-ring (bicyclic) bond motifs is 2. The highest BCUT2D eigenvalue weighted by atomic mass is 19.4. The Balaban J connectivity index is 0.000000811. The van der Waals surface area contributed by atoms with E-state index in [1.165, 1.54) is 19.2 Å². The summed E-state index contributed by atoms with van der Waals surface area (Å²) in [5.74, 6) is -3.10. The number of rotatable bonds is 9. The summed E-state index contributed by atoms with van der Waals surface area (Å²) in [7, 11) is 8.93. The van der Waals surface area contributed by atoms with Gasteiger partial charge in [-0.05, 0) is 82.5 Å². The fourth-order valence-corrected chi connectivity index (χ4v) is 5.91. The molecule has 0 fully saturated rings. The molecule has 0 unspecified atom stereocenters. The van der Waals surface area contributed by atoms with Crippen LogP contribution in [0.5, 0.6) is 11.5 Å². The zero-order valence-electron chi connectivity index (χ0n) is 31.9. The zero-order valence-corrected chi connectivity index (χ0v) is 31.9. The molecule has 5 aromatic rings. The van der Waals surface area contributed by atoms with Crippen LogP contribution < -0.4 is 20.1 Å². The molecular formula is C39H39F4N7O7. The van der Waals surface area contributed by atoms with Crippen molar-refractivity contribution in [2.75, 3.05) is 52.0 Å². The Kier molecular flexibility index (Phi) is 12.1. The second-order valence-electron chi connectivity index (χ2n) is 13.3. The minimum atomic E-state index is -5.08.